The molecular weight excluding hydrogens is 320 g/mol. The Morgan fingerprint density at radius 2 is 2.04 bits per heavy atom. The van der Waals surface area contributed by atoms with Crippen molar-refractivity contribution in [3.05, 3.63) is 5.82 Å². The average Bonchev–Trinajstić information content (AvgIpc) is 3.33. The van der Waals surface area contributed by atoms with Crippen LogP contribution in [0.4, 0.5) is 0 Å². The van der Waals surface area contributed by atoms with E-state index < -0.39 is 0 Å². The van der Waals surface area contributed by atoms with E-state index >= 15 is 0 Å². The molecule has 0 saturated heterocycles. The van der Waals surface area contributed by atoms with Gasteiger partial charge in [-0.15, -0.1) is 10.2 Å². The molecule has 0 radical (unpaired) electrons. The van der Waals surface area contributed by atoms with Crippen molar-refractivity contribution in [3.63, 3.8) is 0 Å². The Morgan fingerprint density at radius 1 is 1.29 bits per heavy atom. The van der Waals surface area contributed by atoms with E-state index in [2.05, 4.69) is 40.9 Å². The summed E-state index contributed by atoms with van der Waals surface area (Å²) in [5.74, 6) is 3.06. The zero-order valence-electron chi connectivity index (χ0n) is 15.3. The quantitative estimate of drug-likeness (QED) is 0.797. The van der Waals surface area contributed by atoms with Gasteiger partial charge in [0, 0.05) is 18.5 Å². The van der Waals surface area contributed by atoms with E-state index in [-0.39, 0.29) is 11.2 Å². The summed E-state index contributed by atoms with van der Waals surface area (Å²) in [6, 6.07) is 0.315. The van der Waals surface area contributed by atoms with E-state index in [1.54, 1.807) is 0 Å². The lowest BCUT2D eigenvalue weighted by Gasteiger charge is -2.35. The van der Waals surface area contributed by atoms with Crippen LogP contribution in [0.2, 0.25) is 0 Å². The van der Waals surface area contributed by atoms with Gasteiger partial charge in [0.15, 0.2) is 5.16 Å². The Bertz CT molecular complexity index is 584. The standard InChI is InChI=1S/C18H30N4OS/c1-5-22-16(14-9-10-14)20-21-18(22)24-13(4)17(23)19-15-8-6-7-11(2)12(15)3/h11-15H,5-10H2,1-4H3,(H,19,23)/t11-,12-,13-,15-/m0/s1. The van der Waals surface area contributed by atoms with Crippen LogP contribution >= 0.6 is 11.8 Å². The Kier molecular flexibility index (Phi) is 5.52. The van der Waals surface area contributed by atoms with Crippen molar-refractivity contribution in [1.82, 2.24) is 20.1 Å². The molecule has 1 amide bonds. The van der Waals surface area contributed by atoms with E-state index in [9.17, 15) is 4.79 Å². The van der Waals surface area contributed by atoms with Gasteiger partial charge in [0.25, 0.3) is 0 Å². The maximum absolute atomic E-state index is 12.6. The van der Waals surface area contributed by atoms with Crippen LogP contribution in [0.15, 0.2) is 5.16 Å². The fourth-order valence-corrected chi connectivity index (χ4v) is 4.55. The minimum Gasteiger partial charge on any atom is -0.352 e. The van der Waals surface area contributed by atoms with Crippen LogP contribution in [0, 0.1) is 11.8 Å². The molecule has 6 heteroatoms. The second kappa shape index (κ2) is 7.46. The van der Waals surface area contributed by atoms with Crippen LogP contribution in [0.3, 0.4) is 0 Å². The number of hydrogen-bond acceptors (Lipinski definition) is 4. The summed E-state index contributed by atoms with van der Waals surface area (Å²) in [7, 11) is 0. The van der Waals surface area contributed by atoms with Gasteiger partial charge < -0.3 is 9.88 Å². The van der Waals surface area contributed by atoms with Gasteiger partial charge in [-0.1, -0.05) is 38.5 Å². The minimum absolute atomic E-state index is 0.129. The van der Waals surface area contributed by atoms with E-state index in [1.807, 2.05) is 6.92 Å². The van der Waals surface area contributed by atoms with Gasteiger partial charge >= 0.3 is 0 Å². The number of nitrogens with zero attached hydrogens (tertiary/aromatic N) is 3. The fraction of sp³-hybridized carbons (Fsp3) is 0.833. The molecule has 0 unspecified atom stereocenters. The number of amides is 1. The van der Waals surface area contributed by atoms with Crippen molar-refractivity contribution in [1.29, 1.82) is 0 Å². The highest BCUT2D eigenvalue weighted by Crippen LogP contribution is 2.40. The highest BCUT2D eigenvalue weighted by molar-refractivity contribution is 8.00. The summed E-state index contributed by atoms with van der Waals surface area (Å²) in [5, 5.41) is 12.7. The molecule has 24 heavy (non-hydrogen) atoms. The molecule has 1 aromatic rings. The van der Waals surface area contributed by atoms with Crippen molar-refractivity contribution >= 4 is 17.7 Å². The maximum atomic E-state index is 12.6. The SMILES string of the molecule is CCn1c(S[C@@H](C)C(=O)N[C@H]2CCC[C@H](C)[C@@H]2C)nnc1C1CC1. The van der Waals surface area contributed by atoms with Crippen molar-refractivity contribution < 1.29 is 4.79 Å². The molecule has 4 atom stereocenters. The van der Waals surface area contributed by atoms with Crippen molar-refractivity contribution in [2.45, 2.75) is 88.7 Å². The van der Waals surface area contributed by atoms with Crippen LogP contribution in [0.5, 0.6) is 0 Å². The fourth-order valence-electron chi connectivity index (χ4n) is 3.63. The van der Waals surface area contributed by atoms with Crippen LogP contribution < -0.4 is 5.32 Å². The summed E-state index contributed by atoms with van der Waals surface area (Å²) in [6.45, 7) is 9.52. The maximum Gasteiger partial charge on any atom is 0.233 e. The Balaban J connectivity index is 1.60. The molecule has 134 valence electrons. The van der Waals surface area contributed by atoms with Crippen molar-refractivity contribution in [2.24, 2.45) is 11.8 Å². The Morgan fingerprint density at radius 3 is 2.71 bits per heavy atom. The average molecular weight is 351 g/mol. The number of carbonyl (C=O) groups excluding carboxylic acids is 1. The monoisotopic (exact) mass is 350 g/mol. The number of carbonyl (C=O) groups is 1. The minimum atomic E-state index is -0.143. The molecule has 1 aromatic heterocycles. The van der Waals surface area contributed by atoms with Gasteiger partial charge in [-0.05, 0) is 44.9 Å². The van der Waals surface area contributed by atoms with Crippen LogP contribution in [0.25, 0.3) is 0 Å². The lowest BCUT2D eigenvalue weighted by molar-refractivity contribution is -0.121. The number of nitrogens with one attached hydrogen (secondary N) is 1. The molecular formula is C18H30N4OS. The van der Waals surface area contributed by atoms with Crippen LogP contribution in [-0.2, 0) is 11.3 Å². The van der Waals surface area contributed by atoms with Crippen LogP contribution in [-0.4, -0.2) is 32.0 Å². The lowest BCUT2D eigenvalue weighted by atomic mass is 9.78. The van der Waals surface area contributed by atoms with Crippen molar-refractivity contribution in [3.8, 4) is 0 Å². The molecule has 0 bridgehead atoms. The molecule has 5 nitrogen and oxygen atoms in total. The summed E-state index contributed by atoms with van der Waals surface area (Å²) < 4.78 is 2.18. The smallest absolute Gasteiger partial charge is 0.233 e. The molecule has 0 spiro atoms. The van der Waals surface area contributed by atoms with Gasteiger partial charge in [0.2, 0.25) is 5.91 Å². The lowest BCUT2D eigenvalue weighted by Crippen LogP contribution is -2.46. The molecule has 2 aliphatic carbocycles. The topological polar surface area (TPSA) is 59.8 Å². The van der Waals surface area contributed by atoms with E-state index in [0.29, 0.717) is 23.8 Å². The first-order valence-corrected chi connectivity index (χ1v) is 10.3. The first kappa shape index (κ1) is 17.8. The predicted octanol–water partition coefficient (Wildman–Crippen LogP) is 3.60. The third kappa shape index (κ3) is 3.79. The summed E-state index contributed by atoms with van der Waals surface area (Å²) in [6.07, 6.45) is 6.03. The van der Waals surface area contributed by atoms with E-state index in [1.165, 1.54) is 37.4 Å². The Hall–Kier alpha value is -1.04. The van der Waals surface area contributed by atoms with Crippen molar-refractivity contribution in [2.75, 3.05) is 0 Å². The van der Waals surface area contributed by atoms with Gasteiger partial charge in [-0.25, -0.2) is 0 Å². The highest BCUT2D eigenvalue weighted by Gasteiger charge is 2.32. The second-order valence-corrected chi connectivity index (χ2v) is 8.81. The number of hydrogen-bond donors (Lipinski definition) is 1. The molecule has 3 rings (SSSR count). The normalized spacial score (nSPS) is 28.6. The third-order valence-corrected chi connectivity index (χ3v) is 6.77. The summed E-state index contributed by atoms with van der Waals surface area (Å²) in [5.41, 5.74) is 0. The molecule has 0 aromatic carbocycles. The van der Waals surface area contributed by atoms with Gasteiger partial charge in [-0.2, -0.15) is 0 Å². The number of thioether (sulfide) groups is 1. The largest absolute Gasteiger partial charge is 0.352 e. The zero-order chi connectivity index (χ0) is 17.3. The van der Waals surface area contributed by atoms with E-state index in [0.717, 1.165) is 23.9 Å². The molecule has 2 saturated carbocycles. The van der Waals surface area contributed by atoms with Gasteiger partial charge in [-0.3, -0.25) is 4.79 Å². The highest BCUT2D eigenvalue weighted by atomic mass is 32.2. The first-order chi connectivity index (χ1) is 11.5. The van der Waals surface area contributed by atoms with E-state index in [4.69, 9.17) is 0 Å². The molecule has 1 heterocycles. The Labute approximate surface area is 149 Å². The molecule has 2 fully saturated rings. The third-order valence-electron chi connectivity index (χ3n) is 5.69. The first-order valence-electron chi connectivity index (χ1n) is 9.41. The number of rotatable bonds is 6. The summed E-state index contributed by atoms with van der Waals surface area (Å²) >= 11 is 1.54. The molecule has 2 aliphatic rings. The second-order valence-electron chi connectivity index (χ2n) is 7.50. The summed E-state index contributed by atoms with van der Waals surface area (Å²) in [4.78, 5) is 12.6. The molecule has 1 N–H and O–H groups in total. The predicted molar refractivity (Wildman–Crippen MR) is 97.1 cm³/mol. The van der Waals surface area contributed by atoms with Crippen LogP contribution in [0.1, 0.15) is 71.5 Å². The number of aromatic nitrogens is 3. The zero-order valence-corrected chi connectivity index (χ0v) is 16.1. The van der Waals surface area contributed by atoms with Gasteiger partial charge in [0.1, 0.15) is 5.82 Å². The van der Waals surface area contributed by atoms with Gasteiger partial charge in [0.05, 0.1) is 5.25 Å². The molecule has 0 aliphatic heterocycles.